The van der Waals surface area contributed by atoms with E-state index in [9.17, 15) is 9.59 Å². The third-order valence-electron chi connectivity index (χ3n) is 3.97. The van der Waals surface area contributed by atoms with E-state index in [2.05, 4.69) is 17.9 Å². The molecule has 5 heteroatoms. The molecule has 0 aromatic heterocycles. The highest BCUT2D eigenvalue weighted by atomic mass is 32.1. The lowest BCUT2D eigenvalue weighted by atomic mass is 10.00. The largest absolute Gasteiger partial charge is 0.481 e. The number of hydrogen-bond acceptors (Lipinski definition) is 3. The van der Waals surface area contributed by atoms with E-state index in [1.807, 2.05) is 54.6 Å². The second kappa shape index (κ2) is 9.89. The Morgan fingerprint density at radius 1 is 1.04 bits per heavy atom. The molecule has 1 atom stereocenters. The van der Waals surface area contributed by atoms with Crippen LogP contribution in [0.25, 0.3) is 0 Å². The van der Waals surface area contributed by atoms with E-state index >= 15 is 0 Å². The van der Waals surface area contributed by atoms with Gasteiger partial charge in [0.25, 0.3) is 0 Å². The van der Waals surface area contributed by atoms with Crippen molar-refractivity contribution in [1.82, 2.24) is 0 Å². The molecule has 4 nitrogen and oxygen atoms in total. The number of benzene rings is 2. The lowest BCUT2D eigenvalue weighted by Gasteiger charge is -2.15. The first-order chi connectivity index (χ1) is 12.1. The smallest absolute Gasteiger partial charge is 0.303 e. The quantitative estimate of drug-likeness (QED) is 0.598. The fourth-order valence-electron chi connectivity index (χ4n) is 2.63. The maximum absolute atomic E-state index is 12.5. The van der Waals surface area contributed by atoms with E-state index < -0.39 is 5.97 Å². The van der Waals surface area contributed by atoms with E-state index in [0.717, 1.165) is 16.8 Å². The molecule has 1 unspecified atom stereocenters. The van der Waals surface area contributed by atoms with Crippen LogP contribution in [-0.4, -0.2) is 22.7 Å². The lowest BCUT2D eigenvalue weighted by Crippen LogP contribution is -2.26. The molecule has 25 heavy (non-hydrogen) atoms. The number of aliphatic carboxylic acids is 1. The van der Waals surface area contributed by atoms with Crippen LogP contribution in [0.5, 0.6) is 0 Å². The number of nitrogens with one attached hydrogen (secondary N) is 1. The summed E-state index contributed by atoms with van der Waals surface area (Å²) in [7, 11) is 0. The van der Waals surface area contributed by atoms with Gasteiger partial charge in [0, 0.05) is 17.9 Å². The van der Waals surface area contributed by atoms with Crippen LogP contribution in [0.4, 0.5) is 5.69 Å². The van der Waals surface area contributed by atoms with Crippen LogP contribution in [0.2, 0.25) is 0 Å². The third-order valence-corrected chi connectivity index (χ3v) is 4.41. The summed E-state index contributed by atoms with van der Waals surface area (Å²) in [6.07, 6.45) is 2.06. The van der Waals surface area contributed by atoms with Crippen molar-refractivity contribution in [2.45, 2.75) is 25.7 Å². The zero-order chi connectivity index (χ0) is 18.1. The molecule has 2 rings (SSSR count). The minimum absolute atomic E-state index is 0.0541. The zero-order valence-electron chi connectivity index (χ0n) is 14.0. The Labute approximate surface area is 153 Å². The van der Waals surface area contributed by atoms with E-state index in [-0.39, 0.29) is 18.2 Å². The molecule has 2 N–H and O–H groups in total. The predicted octanol–water partition coefficient (Wildman–Crippen LogP) is 3.82. The standard InChI is InChI=1S/C20H23NO3S/c22-19(23)11-5-9-16-8-4-10-18(13-16)21-20(24)17(14-25)12-15-6-2-1-3-7-15/h1-4,6-8,10,13,17,25H,5,9,11-12,14H2,(H,21,24)(H,22,23). The second-order valence-corrected chi connectivity index (χ2v) is 6.37. The normalized spacial score (nSPS) is 11.7. The summed E-state index contributed by atoms with van der Waals surface area (Å²) < 4.78 is 0. The maximum Gasteiger partial charge on any atom is 0.303 e. The van der Waals surface area contributed by atoms with Crippen LogP contribution in [0.1, 0.15) is 24.0 Å². The Morgan fingerprint density at radius 3 is 2.44 bits per heavy atom. The van der Waals surface area contributed by atoms with Crippen molar-refractivity contribution in [3.05, 3.63) is 65.7 Å². The van der Waals surface area contributed by atoms with E-state index in [1.165, 1.54) is 0 Å². The van der Waals surface area contributed by atoms with Gasteiger partial charge in [0.2, 0.25) is 5.91 Å². The molecule has 0 saturated heterocycles. The Morgan fingerprint density at radius 2 is 1.76 bits per heavy atom. The highest BCUT2D eigenvalue weighted by molar-refractivity contribution is 7.80. The van der Waals surface area contributed by atoms with Crippen molar-refractivity contribution >= 4 is 30.2 Å². The Bertz CT molecular complexity index is 703. The van der Waals surface area contributed by atoms with Gasteiger partial charge < -0.3 is 10.4 Å². The third kappa shape index (κ3) is 6.63. The van der Waals surface area contributed by atoms with Crippen molar-refractivity contribution in [3.63, 3.8) is 0 Å². The minimum atomic E-state index is -0.790. The van der Waals surface area contributed by atoms with Gasteiger partial charge in [0.15, 0.2) is 0 Å². The predicted molar refractivity (Wildman–Crippen MR) is 103 cm³/mol. The van der Waals surface area contributed by atoms with Crippen LogP contribution < -0.4 is 5.32 Å². The number of hydrogen-bond donors (Lipinski definition) is 3. The number of carboxylic acids is 1. The summed E-state index contributed by atoms with van der Waals surface area (Å²) >= 11 is 4.32. The maximum atomic E-state index is 12.5. The molecular weight excluding hydrogens is 334 g/mol. The molecule has 1 amide bonds. The molecule has 0 aliphatic rings. The van der Waals surface area contributed by atoms with Gasteiger partial charge in [0.1, 0.15) is 0 Å². The fraction of sp³-hybridized carbons (Fsp3) is 0.300. The number of carbonyl (C=O) groups is 2. The van der Waals surface area contributed by atoms with E-state index in [1.54, 1.807) is 0 Å². The molecule has 0 aliphatic carbocycles. The monoisotopic (exact) mass is 357 g/mol. The number of rotatable bonds is 9. The summed E-state index contributed by atoms with van der Waals surface area (Å²) in [4.78, 5) is 23.1. The van der Waals surface area contributed by atoms with Gasteiger partial charge >= 0.3 is 5.97 Å². The van der Waals surface area contributed by atoms with Crippen molar-refractivity contribution < 1.29 is 14.7 Å². The van der Waals surface area contributed by atoms with Gasteiger partial charge in [0.05, 0.1) is 5.92 Å². The summed E-state index contributed by atoms with van der Waals surface area (Å²) in [6.45, 7) is 0. The molecule has 0 fully saturated rings. The van der Waals surface area contributed by atoms with Crippen LogP contribution in [0.3, 0.4) is 0 Å². The molecule has 0 heterocycles. The van der Waals surface area contributed by atoms with Crippen molar-refractivity contribution in [3.8, 4) is 0 Å². The van der Waals surface area contributed by atoms with Crippen molar-refractivity contribution in [2.24, 2.45) is 5.92 Å². The Hall–Kier alpha value is -2.27. The number of amides is 1. The van der Waals surface area contributed by atoms with Crippen LogP contribution in [0, 0.1) is 5.92 Å². The zero-order valence-corrected chi connectivity index (χ0v) is 14.9. The summed E-state index contributed by atoms with van der Waals surface area (Å²) in [5.41, 5.74) is 2.86. The number of thiol groups is 1. The summed E-state index contributed by atoms with van der Waals surface area (Å²) in [6, 6.07) is 17.5. The van der Waals surface area contributed by atoms with Gasteiger partial charge in [-0.1, -0.05) is 42.5 Å². The average Bonchev–Trinajstić information content (AvgIpc) is 2.60. The molecule has 2 aromatic carbocycles. The second-order valence-electron chi connectivity index (χ2n) is 6.01. The molecule has 0 saturated carbocycles. The number of carboxylic acid groups (broad SMARTS) is 1. The number of carbonyl (C=O) groups excluding carboxylic acids is 1. The molecule has 0 bridgehead atoms. The highest BCUT2D eigenvalue weighted by Gasteiger charge is 2.17. The average molecular weight is 357 g/mol. The van der Waals surface area contributed by atoms with E-state index in [0.29, 0.717) is 25.0 Å². The SMILES string of the molecule is O=C(O)CCCc1cccc(NC(=O)C(CS)Cc2ccccc2)c1. The van der Waals surface area contributed by atoms with Crippen molar-refractivity contribution in [2.75, 3.05) is 11.1 Å². The number of anilines is 1. The first kappa shape index (κ1) is 19.1. The fourth-order valence-corrected chi connectivity index (χ4v) is 2.93. The van der Waals surface area contributed by atoms with Gasteiger partial charge in [-0.05, 0) is 42.5 Å². The first-order valence-corrected chi connectivity index (χ1v) is 8.98. The Kier molecular flexibility index (Phi) is 7.54. The molecule has 0 radical (unpaired) electrons. The van der Waals surface area contributed by atoms with Gasteiger partial charge in [-0.25, -0.2) is 0 Å². The Balaban J connectivity index is 1.95. The van der Waals surface area contributed by atoms with Gasteiger partial charge in [-0.3, -0.25) is 9.59 Å². The molecule has 0 aliphatic heterocycles. The van der Waals surface area contributed by atoms with Crippen LogP contribution in [0.15, 0.2) is 54.6 Å². The minimum Gasteiger partial charge on any atom is -0.481 e. The van der Waals surface area contributed by atoms with Crippen LogP contribution >= 0.6 is 12.6 Å². The molecule has 132 valence electrons. The summed E-state index contributed by atoms with van der Waals surface area (Å²) in [5.74, 6) is -0.580. The van der Waals surface area contributed by atoms with Gasteiger partial charge in [-0.15, -0.1) is 0 Å². The summed E-state index contributed by atoms with van der Waals surface area (Å²) in [5, 5.41) is 11.7. The van der Waals surface area contributed by atoms with E-state index in [4.69, 9.17) is 5.11 Å². The van der Waals surface area contributed by atoms with Crippen molar-refractivity contribution in [1.29, 1.82) is 0 Å². The van der Waals surface area contributed by atoms with Gasteiger partial charge in [-0.2, -0.15) is 12.6 Å². The topological polar surface area (TPSA) is 66.4 Å². The van der Waals surface area contributed by atoms with Crippen LogP contribution in [-0.2, 0) is 22.4 Å². The molecule has 0 spiro atoms. The lowest BCUT2D eigenvalue weighted by molar-refractivity contribution is -0.137. The molecule has 2 aromatic rings. The number of aryl methyl sites for hydroxylation is 1. The molecular formula is C20H23NO3S. The highest BCUT2D eigenvalue weighted by Crippen LogP contribution is 2.17. The first-order valence-electron chi connectivity index (χ1n) is 8.35.